The van der Waals surface area contributed by atoms with Crippen molar-refractivity contribution in [1.29, 1.82) is 0 Å². The molecule has 170 valence electrons. The minimum absolute atomic E-state index is 0.0976. The van der Waals surface area contributed by atoms with Gasteiger partial charge in [-0.3, -0.25) is 4.79 Å². The number of amides is 1. The third-order valence-corrected chi connectivity index (χ3v) is 6.02. The van der Waals surface area contributed by atoms with Crippen molar-refractivity contribution in [2.45, 2.75) is 58.5 Å². The highest BCUT2D eigenvalue weighted by Gasteiger charge is 2.25. The molecular formula is C28H36N2O2. The van der Waals surface area contributed by atoms with Gasteiger partial charge in [0.15, 0.2) is 0 Å². The van der Waals surface area contributed by atoms with E-state index in [2.05, 4.69) is 65.9 Å². The number of carbonyl (C=O) groups is 1. The molecule has 0 saturated heterocycles. The van der Waals surface area contributed by atoms with E-state index in [0.717, 1.165) is 55.8 Å². The normalized spacial score (nSPS) is 11.8. The van der Waals surface area contributed by atoms with Crippen LogP contribution in [0.4, 0.5) is 0 Å². The molecule has 1 heterocycles. The Balaban J connectivity index is 1.80. The Kier molecular flexibility index (Phi) is 8.97. The van der Waals surface area contributed by atoms with Gasteiger partial charge in [0.05, 0.1) is 19.6 Å². The Hall–Kier alpha value is -3.01. The molecule has 3 aromatic rings. The molecule has 1 unspecified atom stereocenters. The average molecular weight is 433 g/mol. The zero-order valence-corrected chi connectivity index (χ0v) is 19.7. The predicted octanol–water partition coefficient (Wildman–Crippen LogP) is 6.26. The Morgan fingerprint density at radius 1 is 1.00 bits per heavy atom. The first-order valence-electron chi connectivity index (χ1n) is 11.8. The predicted molar refractivity (Wildman–Crippen MR) is 131 cm³/mol. The van der Waals surface area contributed by atoms with Gasteiger partial charge in [-0.15, -0.1) is 0 Å². The molecular weight excluding hydrogens is 396 g/mol. The zero-order chi connectivity index (χ0) is 22.8. The number of methoxy groups -OCH3 is 1. The van der Waals surface area contributed by atoms with Crippen molar-refractivity contribution in [3.8, 4) is 5.75 Å². The standard InChI is InChI=1S/C28H36N2O2/c1-4-6-10-18-30(28(31)27(5-2)24-14-8-7-9-15-24)22-25-16-12-19-29(25)21-23-13-11-17-26(20-23)32-3/h7-9,11-17,19-20,27H,4-6,10,18,21-22H2,1-3H3. The summed E-state index contributed by atoms with van der Waals surface area (Å²) in [7, 11) is 1.69. The molecule has 0 spiro atoms. The summed E-state index contributed by atoms with van der Waals surface area (Å²) in [4.78, 5) is 15.7. The summed E-state index contributed by atoms with van der Waals surface area (Å²) in [6.45, 7) is 6.48. The van der Waals surface area contributed by atoms with E-state index < -0.39 is 0 Å². The summed E-state index contributed by atoms with van der Waals surface area (Å²) < 4.78 is 7.61. The Morgan fingerprint density at radius 3 is 2.53 bits per heavy atom. The second-order valence-electron chi connectivity index (χ2n) is 8.32. The van der Waals surface area contributed by atoms with Crippen LogP contribution in [0.5, 0.6) is 5.75 Å². The molecule has 0 aliphatic carbocycles. The number of benzene rings is 2. The number of hydrogen-bond donors (Lipinski definition) is 0. The van der Waals surface area contributed by atoms with Gasteiger partial charge < -0.3 is 14.2 Å². The lowest BCUT2D eigenvalue weighted by molar-refractivity contribution is -0.133. The Labute approximate surface area is 192 Å². The number of aromatic nitrogens is 1. The first-order valence-corrected chi connectivity index (χ1v) is 11.8. The summed E-state index contributed by atoms with van der Waals surface area (Å²) in [5, 5.41) is 0. The van der Waals surface area contributed by atoms with Crippen molar-refractivity contribution in [3.05, 3.63) is 89.7 Å². The number of ether oxygens (including phenoxy) is 1. The number of nitrogens with zero attached hydrogens (tertiary/aromatic N) is 2. The second kappa shape index (κ2) is 12.1. The molecule has 0 aliphatic heterocycles. The summed E-state index contributed by atoms with van der Waals surface area (Å²) in [6, 6.07) is 22.5. The quantitative estimate of drug-likeness (QED) is 0.317. The molecule has 0 saturated carbocycles. The van der Waals surface area contributed by atoms with E-state index in [1.54, 1.807) is 7.11 Å². The van der Waals surface area contributed by atoms with Gasteiger partial charge in [0.25, 0.3) is 0 Å². The van der Waals surface area contributed by atoms with E-state index in [1.807, 2.05) is 30.3 Å². The van der Waals surface area contributed by atoms with Crippen molar-refractivity contribution >= 4 is 5.91 Å². The van der Waals surface area contributed by atoms with Crippen LogP contribution < -0.4 is 4.74 Å². The second-order valence-corrected chi connectivity index (χ2v) is 8.32. The minimum atomic E-state index is -0.0976. The summed E-state index contributed by atoms with van der Waals surface area (Å²) in [5.74, 6) is 0.991. The van der Waals surface area contributed by atoms with Crippen LogP contribution >= 0.6 is 0 Å². The van der Waals surface area contributed by atoms with E-state index in [1.165, 1.54) is 5.56 Å². The Bertz CT molecular complexity index is 964. The lowest BCUT2D eigenvalue weighted by atomic mass is 9.94. The highest BCUT2D eigenvalue weighted by molar-refractivity contribution is 5.83. The molecule has 4 heteroatoms. The fourth-order valence-electron chi connectivity index (χ4n) is 4.19. The molecule has 3 rings (SSSR count). The van der Waals surface area contributed by atoms with E-state index in [9.17, 15) is 4.79 Å². The van der Waals surface area contributed by atoms with Crippen LogP contribution in [0.25, 0.3) is 0 Å². The number of hydrogen-bond acceptors (Lipinski definition) is 2. The molecule has 2 aromatic carbocycles. The SMILES string of the molecule is CCCCCN(Cc1cccn1Cc1cccc(OC)c1)C(=O)C(CC)c1ccccc1. The topological polar surface area (TPSA) is 34.5 Å². The molecule has 0 aliphatic rings. The largest absolute Gasteiger partial charge is 0.497 e. The van der Waals surface area contributed by atoms with Crippen LogP contribution in [-0.2, 0) is 17.9 Å². The third kappa shape index (κ3) is 6.25. The van der Waals surface area contributed by atoms with Crippen LogP contribution in [0, 0.1) is 0 Å². The highest BCUT2D eigenvalue weighted by Crippen LogP contribution is 2.24. The van der Waals surface area contributed by atoms with E-state index >= 15 is 0 Å². The van der Waals surface area contributed by atoms with Gasteiger partial charge in [-0.2, -0.15) is 0 Å². The maximum absolute atomic E-state index is 13.6. The van der Waals surface area contributed by atoms with Crippen LogP contribution in [-0.4, -0.2) is 29.0 Å². The van der Waals surface area contributed by atoms with Gasteiger partial charge in [-0.1, -0.05) is 69.2 Å². The summed E-state index contributed by atoms with van der Waals surface area (Å²) in [6.07, 6.45) is 6.21. The molecule has 0 fully saturated rings. The van der Waals surface area contributed by atoms with Gasteiger partial charge in [0.2, 0.25) is 5.91 Å². The fourth-order valence-corrected chi connectivity index (χ4v) is 4.19. The maximum atomic E-state index is 13.6. The average Bonchev–Trinajstić information content (AvgIpc) is 3.26. The lowest BCUT2D eigenvalue weighted by Gasteiger charge is -2.28. The first kappa shape index (κ1) is 23.6. The van der Waals surface area contributed by atoms with Crippen LogP contribution in [0.3, 0.4) is 0 Å². The van der Waals surface area contributed by atoms with Gasteiger partial charge >= 0.3 is 0 Å². The smallest absolute Gasteiger partial charge is 0.230 e. The van der Waals surface area contributed by atoms with E-state index in [0.29, 0.717) is 6.54 Å². The molecule has 1 aromatic heterocycles. The van der Waals surface area contributed by atoms with E-state index in [4.69, 9.17) is 4.74 Å². The number of rotatable bonds is 12. The van der Waals surface area contributed by atoms with Crippen LogP contribution in [0.1, 0.15) is 62.3 Å². The summed E-state index contributed by atoms with van der Waals surface area (Å²) >= 11 is 0. The van der Waals surface area contributed by atoms with Crippen molar-refractivity contribution in [2.75, 3.05) is 13.7 Å². The monoisotopic (exact) mass is 432 g/mol. The summed E-state index contributed by atoms with van der Waals surface area (Å²) in [5.41, 5.74) is 3.44. The molecule has 1 atom stereocenters. The van der Waals surface area contributed by atoms with Gasteiger partial charge in [-0.25, -0.2) is 0 Å². The van der Waals surface area contributed by atoms with Crippen molar-refractivity contribution < 1.29 is 9.53 Å². The molecule has 0 N–H and O–H groups in total. The molecule has 32 heavy (non-hydrogen) atoms. The van der Waals surface area contributed by atoms with Gasteiger partial charge in [-0.05, 0) is 48.2 Å². The van der Waals surface area contributed by atoms with Crippen molar-refractivity contribution in [2.24, 2.45) is 0 Å². The number of carbonyl (C=O) groups excluding carboxylic acids is 1. The van der Waals surface area contributed by atoms with Crippen molar-refractivity contribution in [1.82, 2.24) is 9.47 Å². The third-order valence-electron chi connectivity index (χ3n) is 6.02. The highest BCUT2D eigenvalue weighted by atomic mass is 16.5. The molecule has 4 nitrogen and oxygen atoms in total. The minimum Gasteiger partial charge on any atom is -0.497 e. The first-order chi connectivity index (χ1) is 15.7. The number of unbranched alkanes of at least 4 members (excludes halogenated alkanes) is 2. The Morgan fingerprint density at radius 2 is 1.81 bits per heavy atom. The van der Waals surface area contributed by atoms with Crippen LogP contribution in [0.15, 0.2) is 72.9 Å². The molecule has 0 bridgehead atoms. The van der Waals surface area contributed by atoms with Gasteiger partial charge in [0.1, 0.15) is 5.75 Å². The van der Waals surface area contributed by atoms with Crippen molar-refractivity contribution in [3.63, 3.8) is 0 Å². The molecule has 0 radical (unpaired) electrons. The molecule has 1 amide bonds. The maximum Gasteiger partial charge on any atom is 0.230 e. The fraction of sp³-hybridized carbons (Fsp3) is 0.393. The van der Waals surface area contributed by atoms with Crippen LogP contribution in [0.2, 0.25) is 0 Å². The zero-order valence-electron chi connectivity index (χ0n) is 19.7. The van der Waals surface area contributed by atoms with Gasteiger partial charge in [0, 0.05) is 25.0 Å². The lowest BCUT2D eigenvalue weighted by Crippen LogP contribution is -2.36. The van der Waals surface area contributed by atoms with E-state index in [-0.39, 0.29) is 11.8 Å².